The number of rotatable bonds is 5. The van der Waals surface area contributed by atoms with Gasteiger partial charge in [-0.05, 0) is 19.1 Å². The zero-order chi connectivity index (χ0) is 18.8. The summed E-state index contributed by atoms with van der Waals surface area (Å²) in [7, 11) is 0. The van der Waals surface area contributed by atoms with Gasteiger partial charge in [-0.15, -0.1) is 0 Å². The first-order valence-corrected chi connectivity index (χ1v) is 8.33. The number of benzene rings is 1. The molecule has 0 bridgehead atoms. The molecule has 3 heterocycles. The number of nitrogens with zero attached hydrogens (tertiary/aromatic N) is 5. The predicted octanol–water partition coefficient (Wildman–Crippen LogP) is 1.91. The summed E-state index contributed by atoms with van der Waals surface area (Å²) in [6.45, 7) is 1.93. The standard InChI is InChI=1S/C18H16N6O3/c1-12-9-15(22-27-12)21-16(25)7-8-23-11-19-17-14(18(23)26)10-20-24(17)13-5-3-2-4-6-13/h2-6,9-11H,7-8H2,1H3,(H,21,22,25). The van der Waals surface area contributed by atoms with E-state index in [1.807, 2.05) is 30.3 Å². The van der Waals surface area contributed by atoms with Crippen molar-refractivity contribution in [1.82, 2.24) is 24.5 Å². The second kappa shape index (κ2) is 6.87. The fourth-order valence-electron chi connectivity index (χ4n) is 2.72. The van der Waals surface area contributed by atoms with Crippen molar-refractivity contribution in [3.05, 3.63) is 65.0 Å². The van der Waals surface area contributed by atoms with Crippen molar-refractivity contribution in [1.29, 1.82) is 0 Å². The molecule has 0 radical (unpaired) electrons. The van der Waals surface area contributed by atoms with Crippen LogP contribution in [-0.2, 0) is 11.3 Å². The Kier molecular flexibility index (Phi) is 4.25. The van der Waals surface area contributed by atoms with Gasteiger partial charge in [0, 0.05) is 19.0 Å². The van der Waals surface area contributed by atoms with Gasteiger partial charge in [-0.2, -0.15) is 5.10 Å². The molecule has 27 heavy (non-hydrogen) atoms. The highest BCUT2D eigenvalue weighted by molar-refractivity contribution is 5.89. The fraction of sp³-hybridized carbons (Fsp3) is 0.167. The van der Waals surface area contributed by atoms with Crippen LogP contribution in [0.5, 0.6) is 0 Å². The molecule has 4 rings (SSSR count). The summed E-state index contributed by atoms with van der Waals surface area (Å²) < 4.78 is 7.90. The first-order valence-electron chi connectivity index (χ1n) is 8.33. The van der Waals surface area contributed by atoms with Crippen LogP contribution in [0.1, 0.15) is 12.2 Å². The third-order valence-corrected chi connectivity index (χ3v) is 4.03. The van der Waals surface area contributed by atoms with Gasteiger partial charge in [0.25, 0.3) is 5.56 Å². The van der Waals surface area contributed by atoms with Crippen LogP contribution in [0.3, 0.4) is 0 Å². The molecule has 1 N–H and O–H groups in total. The van der Waals surface area contributed by atoms with E-state index in [4.69, 9.17) is 4.52 Å². The molecule has 0 fully saturated rings. The molecule has 3 aromatic heterocycles. The lowest BCUT2D eigenvalue weighted by molar-refractivity contribution is -0.116. The summed E-state index contributed by atoms with van der Waals surface area (Å²) in [5.41, 5.74) is 1.05. The van der Waals surface area contributed by atoms with Crippen molar-refractivity contribution in [3.63, 3.8) is 0 Å². The molecular weight excluding hydrogens is 348 g/mol. The Bertz CT molecular complexity index is 1160. The lowest BCUT2D eigenvalue weighted by atomic mass is 10.3. The molecule has 9 nitrogen and oxygen atoms in total. The summed E-state index contributed by atoms with van der Waals surface area (Å²) in [5, 5.41) is 11.0. The van der Waals surface area contributed by atoms with Crippen molar-refractivity contribution in [2.75, 3.05) is 5.32 Å². The zero-order valence-corrected chi connectivity index (χ0v) is 14.5. The van der Waals surface area contributed by atoms with Crippen molar-refractivity contribution >= 4 is 22.8 Å². The number of aromatic nitrogens is 5. The van der Waals surface area contributed by atoms with Crippen molar-refractivity contribution in [3.8, 4) is 5.69 Å². The van der Waals surface area contributed by atoms with E-state index in [0.29, 0.717) is 22.6 Å². The van der Waals surface area contributed by atoms with Crippen molar-refractivity contribution in [2.24, 2.45) is 0 Å². The average molecular weight is 364 g/mol. The number of anilines is 1. The number of para-hydroxylation sites is 1. The maximum Gasteiger partial charge on any atom is 0.264 e. The van der Waals surface area contributed by atoms with E-state index in [9.17, 15) is 9.59 Å². The van der Waals surface area contributed by atoms with Gasteiger partial charge in [0.05, 0.1) is 18.2 Å². The molecule has 0 aliphatic rings. The Labute approximate surface area is 153 Å². The minimum atomic E-state index is -0.268. The molecule has 1 aromatic carbocycles. The quantitative estimate of drug-likeness (QED) is 0.579. The van der Waals surface area contributed by atoms with Gasteiger partial charge in [-0.3, -0.25) is 14.2 Å². The maximum absolute atomic E-state index is 12.7. The zero-order valence-electron chi connectivity index (χ0n) is 14.5. The van der Waals surface area contributed by atoms with Crippen LogP contribution in [0.15, 0.2) is 58.2 Å². The van der Waals surface area contributed by atoms with Gasteiger partial charge >= 0.3 is 0 Å². The third kappa shape index (κ3) is 3.34. The van der Waals surface area contributed by atoms with Crippen molar-refractivity contribution < 1.29 is 9.32 Å². The highest BCUT2D eigenvalue weighted by Gasteiger charge is 2.12. The molecule has 4 aromatic rings. The van der Waals surface area contributed by atoms with Gasteiger partial charge in [0.15, 0.2) is 11.5 Å². The van der Waals surface area contributed by atoms with Crippen LogP contribution < -0.4 is 10.9 Å². The summed E-state index contributed by atoms with van der Waals surface area (Å²) in [6.07, 6.45) is 3.03. The second-order valence-electron chi connectivity index (χ2n) is 5.99. The van der Waals surface area contributed by atoms with Gasteiger partial charge in [0.1, 0.15) is 11.1 Å². The number of fused-ring (bicyclic) bond motifs is 1. The Morgan fingerprint density at radius 1 is 1.26 bits per heavy atom. The van der Waals surface area contributed by atoms with Gasteiger partial charge < -0.3 is 9.84 Å². The first-order chi connectivity index (χ1) is 13.1. The molecular formula is C18H16N6O3. The third-order valence-electron chi connectivity index (χ3n) is 4.03. The molecule has 9 heteroatoms. The molecule has 136 valence electrons. The minimum absolute atomic E-state index is 0.103. The molecule has 0 aliphatic heterocycles. The smallest absolute Gasteiger partial charge is 0.264 e. The average Bonchev–Trinajstić information content (AvgIpc) is 3.28. The number of hydrogen-bond acceptors (Lipinski definition) is 6. The van der Waals surface area contributed by atoms with E-state index >= 15 is 0 Å². The van der Waals surface area contributed by atoms with Crippen LogP contribution >= 0.6 is 0 Å². The predicted molar refractivity (Wildman–Crippen MR) is 97.6 cm³/mol. The van der Waals surface area contributed by atoms with Gasteiger partial charge in [-0.1, -0.05) is 23.4 Å². The summed E-state index contributed by atoms with van der Waals surface area (Å²) in [6, 6.07) is 11.1. The van der Waals surface area contributed by atoms with Crippen LogP contribution in [-0.4, -0.2) is 30.4 Å². The SMILES string of the molecule is Cc1cc(NC(=O)CCn2cnc3c(cnn3-c3ccccc3)c2=O)no1. The topological polar surface area (TPSA) is 108 Å². The number of hydrogen-bond donors (Lipinski definition) is 1. The van der Waals surface area contributed by atoms with E-state index in [-0.39, 0.29) is 24.4 Å². The Balaban J connectivity index is 1.52. The summed E-state index contributed by atoms with van der Waals surface area (Å²) in [4.78, 5) is 29.0. The molecule has 0 saturated heterocycles. The number of aryl methyl sites for hydroxylation is 2. The van der Waals surface area contributed by atoms with E-state index in [1.165, 1.54) is 17.1 Å². The largest absolute Gasteiger partial charge is 0.360 e. The molecule has 0 spiro atoms. The molecule has 0 saturated carbocycles. The highest BCUT2D eigenvalue weighted by atomic mass is 16.5. The normalized spacial score (nSPS) is 11.0. The number of carbonyl (C=O) groups is 1. The first kappa shape index (κ1) is 16.7. The Morgan fingerprint density at radius 2 is 2.07 bits per heavy atom. The lowest BCUT2D eigenvalue weighted by Crippen LogP contribution is -2.23. The monoisotopic (exact) mass is 364 g/mol. The van der Waals surface area contributed by atoms with Crippen molar-refractivity contribution in [2.45, 2.75) is 19.9 Å². The second-order valence-corrected chi connectivity index (χ2v) is 5.99. The van der Waals surface area contributed by atoms with Crippen LogP contribution in [0.2, 0.25) is 0 Å². The van der Waals surface area contributed by atoms with Crippen LogP contribution in [0, 0.1) is 6.92 Å². The fourth-order valence-corrected chi connectivity index (χ4v) is 2.72. The maximum atomic E-state index is 12.7. The number of carbonyl (C=O) groups excluding carboxylic acids is 1. The van der Waals surface area contributed by atoms with E-state index < -0.39 is 0 Å². The minimum Gasteiger partial charge on any atom is -0.360 e. The van der Waals surface area contributed by atoms with Gasteiger partial charge in [-0.25, -0.2) is 9.67 Å². The van der Waals surface area contributed by atoms with E-state index in [2.05, 4.69) is 20.6 Å². The Hall–Kier alpha value is -3.75. The summed E-state index contributed by atoms with van der Waals surface area (Å²) >= 11 is 0. The molecule has 0 aliphatic carbocycles. The Morgan fingerprint density at radius 3 is 2.81 bits per heavy atom. The highest BCUT2D eigenvalue weighted by Crippen LogP contribution is 2.13. The summed E-state index contributed by atoms with van der Waals surface area (Å²) in [5.74, 6) is 0.685. The molecule has 1 amide bonds. The van der Waals surface area contributed by atoms with E-state index in [0.717, 1.165) is 5.69 Å². The van der Waals surface area contributed by atoms with Gasteiger partial charge in [0.2, 0.25) is 5.91 Å². The number of amides is 1. The van der Waals surface area contributed by atoms with Crippen LogP contribution in [0.25, 0.3) is 16.7 Å². The number of nitrogens with one attached hydrogen (secondary N) is 1. The molecule has 0 atom stereocenters. The van der Waals surface area contributed by atoms with E-state index in [1.54, 1.807) is 17.7 Å². The van der Waals surface area contributed by atoms with Crippen LogP contribution in [0.4, 0.5) is 5.82 Å². The molecule has 0 unspecified atom stereocenters. The lowest BCUT2D eigenvalue weighted by Gasteiger charge is -2.06.